The summed E-state index contributed by atoms with van der Waals surface area (Å²) < 4.78 is 5.14. The fourth-order valence-corrected chi connectivity index (χ4v) is 1.62. The summed E-state index contributed by atoms with van der Waals surface area (Å²) in [4.78, 5) is 36.2. The van der Waals surface area contributed by atoms with Crippen LogP contribution >= 0.6 is 11.6 Å². The van der Waals surface area contributed by atoms with E-state index in [0.717, 1.165) is 0 Å². The van der Waals surface area contributed by atoms with E-state index < -0.39 is 23.4 Å². The number of rotatable bonds is 3. The Morgan fingerprint density at radius 3 is 2.32 bits per heavy atom. The van der Waals surface area contributed by atoms with Crippen molar-refractivity contribution in [1.29, 1.82) is 0 Å². The van der Waals surface area contributed by atoms with E-state index in [2.05, 4.69) is 10.6 Å². The third-order valence-electron chi connectivity index (χ3n) is 2.64. The van der Waals surface area contributed by atoms with E-state index >= 15 is 0 Å². The molecule has 2 N–H and O–H groups in total. The number of halogens is 1. The lowest BCUT2D eigenvalue weighted by Crippen LogP contribution is -2.53. The first-order valence-electron chi connectivity index (χ1n) is 6.03. The number of imide groups is 1. The molecule has 1 aliphatic rings. The molecule has 0 aromatic carbocycles. The minimum Gasteiger partial charge on any atom is -0.378 e. The molecule has 8 heteroatoms. The quantitative estimate of drug-likeness (QED) is 0.698. The van der Waals surface area contributed by atoms with Gasteiger partial charge in [-0.25, -0.2) is 4.79 Å². The highest BCUT2D eigenvalue weighted by molar-refractivity contribution is 6.31. The van der Waals surface area contributed by atoms with Gasteiger partial charge in [-0.2, -0.15) is 0 Å². The normalized spacial score (nSPS) is 18.4. The average Bonchev–Trinajstić information content (AvgIpc) is 2.38. The Balaban J connectivity index is 2.40. The van der Waals surface area contributed by atoms with Crippen molar-refractivity contribution >= 4 is 29.4 Å². The van der Waals surface area contributed by atoms with Gasteiger partial charge in [-0.3, -0.25) is 14.9 Å². The zero-order valence-corrected chi connectivity index (χ0v) is 11.7. The lowest BCUT2D eigenvalue weighted by atomic mass is 10.2. The first-order valence-corrected chi connectivity index (χ1v) is 6.47. The summed E-state index contributed by atoms with van der Waals surface area (Å²) in [6.07, 6.45) is 0. The average molecular weight is 292 g/mol. The van der Waals surface area contributed by atoms with Crippen LogP contribution in [-0.2, 0) is 14.3 Å². The van der Waals surface area contributed by atoms with E-state index in [4.69, 9.17) is 16.3 Å². The molecule has 0 aromatic rings. The summed E-state index contributed by atoms with van der Waals surface area (Å²) in [6, 6.07) is -1.44. The van der Waals surface area contributed by atoms with Crippen molar-refractivity contribution in [2.75, 3.05) is 26.3 Å². The summed E-state index contributed by atoms with van der Waals surface area (Å²) in [5, 5.41) is 3.64. The molecule has 2 atom stereocenters. The van der Waals surface area contributed by atoms with Crippen LogP contribution in [0, 0.1) is 0 Å². The van der Waals surface area contributed by atoms with Crippen LogP contribution in [0.2, 0.25) is 0 Å². The molecular formula is C11H18ClN3O4. The van der Waals surface area contributed by atoms with E-state index in [1.54, 1.807) is 11.8 Å². The molecule has 4 amide bonds. The summed E-state index contributed by atoms with van der Waals surface area (Å²) in [5.74, 6) is -0.810. The molecule has 1 rings (SSSR count). The van der Waals surface area contributed by atoms with Gasteiger partial charge >= 0.3 is 6.03 Å². The Kier molecular flexibility index (Phi) is 6.04. The highest BCUT2D eigenvalue weighted by Gasteiger charge is 2.24. The monoisotopic (exact) mass is 291 g/mol. The third kappa shape index (κ3) is 5.04. The number of amides is 4. The Hall–Kier alpha value is -1.34. The number of hydrogen-bond donors (Lipinski definition) is 2. The SMILES string of the molecule is CC(Cl)C(=O)NC(=O)NC(C)C(=O)N1CCOCC1. The van der Waals surface area contributed by atoms with Gasteiger partial charge in [-0.15, -0.1) is 11.6 Å². The van der Waals surface area contributed by atoms with Crippen LogP contribution in [0.4, 0.5) is 4.79 Å². The number of ether oxygens (including phenoxy) is 1. The van der Waals surface area contributed by atoms with Crippen LogP contribution in [-0.4, -0.2) is 60.5 Å². The molecule has 0 radical (unpaired) electrons. The maximum atomic E-state index is 12.0. The zero-order chi connectivity index (χ0) is 14.4. The number of alkyl halides is 1. The number of morpholine rings is 1. The fraction of sp³-hybridized carbons (Fsp3) is 0.727. The minimum atomic E-state index is -0.809. The predicted molar refractivity (Wildman–Crippen MR) is 68.9 cm³/mol. The van der Waals surface area contributed by atoms with E-state index in [1.807, 2.05) is 0 Å². The Morgan fingerprint density at radius 2 is 1.79 bits per heavy atom. The largest absolute Gasteiger partial charge is 0.378 e. The van der Waals surface area contributed by atoms with Crippen molar-refractivity contribution in [3.8, 4) is 0 Å². The maximum absolute atomic E-state index is 12.0. The second kappa shape index (κ2) is 7.30. The number of urea groups is 1. The smallest absolute Gasteiger partial charge is 0.322 e. The lowest BCUT2D eigenvalue weighted by molar-refractivity contribution is -0.136. The van der Waals surface area contributed by atoms with Crippen LogP contribution in [0.1, 0.15) is 13.8 Å². The fourth-order valence-electron chi connectivity index (χ4n) is 1.56. The molecule has 1 aliphatic heterocycles. The van der Waals surface area contributed by atoms with Gasteiger partial charge < -0.3 is 15.0 Å². The van der Waals surface area contributed by atoms with Crippen molar-refractivity contribution in [3.63, 3.8) is 0 Å². The van der Waals surface area contributed by atoms with Gasteiger partial charge in [0.2, 0.25) is 11.8 Å². The van der Waals surface area contributed by atoms with Crippen molar-refractivity contribution < 1.29 is 19.1 Å². The molecule has 2 unspecified atom stereocenters. The molecular weight excluding hydrogens is 274 g/mol. The standard InChI is InChI=1S/C11H18ClN3O4/c1-7(12)9(16)14-11(18)13-8(2)10(17)15-3-5-19-6-4-15/h7-8H,3-6H2,1-2H3,(H2,13,14,16,18). The Labute approximate surface area is 116 Å². The van der Waals surface area contributed by atoms with Crippen molar-refractivity contribution in [1.82, 2.24) is 15.5 Å². The molecule has 1 fully saturated rings. The Bertz CT molecular complexity index is 356. The first kappa shape index (κ1) is 15.7. The van der Waals surface area contributed by atoms with Crippen molar-refractivity contribution in [2.24, 2.45) is 0 Å². The summed E-state index contributed by atoms with van der Waals surface area (Å²) in [5.41, 5.74) is 0. The van der Waals surface area contributed by atoms with Crippen LogP contribution in [0.15, 0.2) is 0 Å². The molecule has 0 bridgehead atoms. The van der Waals surface area contributed by atoms with E-state index in [-0.39, 0.29) is 5.91 Å². The summed E-state index contributed by atoms with van der Waals surface area (Å²) in [6.45, 7) is 5.01. The lowest BCUT2D eigenvalue weighted by Gasteiger charge is -2.29. The van der Waals surface area contributed by atoms with Gasteiger partial charge in [0, 0.05) is 13.1 Å². The second-order valence-electron chi connectivity index (χ2n) is 4.24. The first-order chi connectivity index (χ1) is 8.91. The molecule has 19 heavy (non-hydrogen) atoms. The van der Waals surface area contributed by atoms with Gasteiger partial charge in [-0.1, -0.05) is 0 Å². The molecule has 0 aliphatic carbocycles. The van der Waals surface area contributed by atoms with Gasteiger partial charge in [-0.05, 0) is 13.8 Å². The summed E-state index contributed by atoms with van der Waals surface area (Å²) in [7, 11) is 0. The molecule has 0 spiro atoms. The summed E-state index contributed by atoms with van der Waals surface area (Å²) >= 11 is 5.51. The van der Waals surface area contributed by atoms with E-state index in [9.17, 15) is 14.4 Å². The van der Waals surface area contributed by atoms with Crippen LogP contribution in [0.5, 0.6) is 0 Å². The molecule has 108 valence electrons. The predicted octanol–water partition coefficient (Wildman–Crippen LogP) is -0.313. The van der Waals surface area contributed by atoms with Crippen molar-refractivity contribution in [2.45, 2.75) is 25.3 Å². The number of nitrogens with one attached hydrogen (secondary N) is 2. The van der Waals surface area contributed by atoms with Gasteiger partial charge in [0.15, 0.2) is 0 Å². The van der Waals surface area contributed by atoms with Crippen LogP contribution in [0.25, 0.3) is 0 Å². The maximum Gasteiger partial charge on any atom is 0.322 e. The number of hydrogen-bond acceptors (Lipinski definition) is 4. The van der Waals surface area contributed by atoms with Crippen LogP contribution in [0.3, 0.4) is 0 Å². The van der Waals surface area contributed by atoms with E-state index in [1.165, 1.54) is 6.92 Å². The number of carbonyl (C=O) groups excluding carboxylic acids is 3. The number of carbonyl (C=O) groups is 3. The molecule has 1 saturated heterocycles. The Morgan fingerprint density at radius 1 is 1.21 bits per heavy atom. The van der Waals surface area contributed by atoms with Gasteiger partial charge in [0.1, 0.15) is 11.4 Å². The molecule has 0 saturated carbocycles. The van der Waals surface area contributed by atoms with Crippen LogP contribution < -0.4 is 10.6 Å². The number of nitrogens with zero attached hydrogens (tertiary/aromatic N) is 1. The molecule has 1 heterocycles. The third-order valence-corrected chi connectivity index (χ3v) is 2.84. The topological polar surface area (TPSA) is 87.7 Å². The zero-order valence-electron chi connectivity index (χ0n) is 10.9. The van der Waals surface area contributed by atoms with Crippen molar-refractivity contribution in [3.05, 3.63) is 0 Å². The second-order valence-corrected chi connectivity index (χ2v) is 4.89. The van der Waals surface area contributed by atoms with E-state index in [0.29, 0.717) is 26.3 Å². The minimum absolute atomic E-state index is 0.204. The van der Waals surface area contributed by atoms with Gasteiger partial charge in [0.05, 0.1) is 13.2 Å². The molecule has 7 nitrogen and oxygen atoms in total. The highest BCUT2D eigenvalue weighted by atomic mass is 35.5. The molecule has 0 aromatic heterocycles. The highest BCUT2D eigenvalue weighted by Crippen LogP contribution is 2.00. The van der Waals surface area contributed by atoms with Gasteiger partial charge in [0.25, 0.3) is 0 Å².